The van der Waals surface area contributed by atoms with Gasteiger partial charge in [0.25, 0.3) is 10.0 Å². The third-order valence-corrected chi connectivity index (χ3v) is 11.9. The minimum absolute atomic E-state index is 0.125. The van der Waals surface area contributed by atoms with Gasteiger partial charge in [-0.15, -0.1) is 0 Å². The first-order valence-corrected chi connectivity index (χ1v) is 19.9. The zero-order valence-electron chi connectivity index (χ0n) is 25.8. The van der Waals surface area contributed by atoms with E-state index in [-0.39, 0.29) is 35.5 Å². The predicted octanol–water partition coefficient (Wildman–Crippen LogP) is 5.37. The van der Waals surface area contributed by atoms with Crippen LogP contribution in [0.15, 0.2) is 71.9 Å². The number of aromatic nitrogens is 2. The zero-order valence-corrected chi connectivity index (χ0v) is 27.6. The monoisotopic (exact) mass is 641 g/mol. The second-order valence-corrected chi connectivity index (χ2v) is 20.2. The number of ether oxygens (including phenoxy) is 2. The van der Waals surface area contributed by atoms with Gasteiger partial charge in [0.15, 0.2) is 0 Å². The number of hydrogen-bond donors (Lipinski definition) is 0. The van der Waals surface area contributed by atoms with E-state index in [0.717, 1.165) is 33.8 Å². The Labute approximate surface area is 264 Å². The number of fused-ring (bicyclic) bond motifs is 4. The summed E-state index contributed by atoms with van der Waals surface area (Å²) in [6.07, 6.45) is 3.82. The van der Waals surface area contributed by atoms with Gasteiger partial charge in [-0.25, -0.2) is 17.7 Å². The molecule has 0 bridgehead atoms. The van der Waals surface area contributed by atoms with E-state index in [1.165, 1.54) is 11.4 Å². The number of methoxy groups -OCH3 is 1. The molecule has 1 spiro atoms. The lowest BCUT2D eigenvalue weighted by Gasteiger charge is -2.26. The van der Waals surface area contributed by atoms with Crippen molar-refractivity contribution in [2.24, 2.45) is 0 Å². The number of hydrogen-bond acceptors (Lipinski definition) is 9. The van der Waals surface area contributed by atoms with E-state index in [4.69, 9.17) is 9.47 Å². The summed E-state index contributed by atoms with van der Waals surface area (Å²) < 4.78 is 40.9. The number of nitrogens with zero attached hydrogens (tertiary/aromatic N) is 5. The number of benzene rings is 2. The fourth-order valence-electron chi connectivity index (χ4n) is 5.87. The Balaban J connectivity index is 1.44. The van der Waals surface area contributed by atoms with Crippen molar-refractivity contribution in [2.45, 2.75) is 42.4 Å². The van der Waals surface area contributed by atoms with Crippen molar-refractivity contribution in [2.75, 3.05) is 42.7 Å². The Bertz CT molecular complexity index is 1940. The molecule has 1 saturated carbocycles. The molecule has 1 atom stereocenters. The van der Waals surface area contributed by atoms with E-state index < -0.39 is 23.5 Å². The molecule has 6 rings (SSSR count). The summed E-state index contributed by atoms with van der Waals surface area (Å²) in [6.45, 7) is 7.57. The molecule has 1 unspecified atom stereocenters. The molecule has 4 aromatic rings. The van der Waals surface area contributed by atoms with Crippen LogP contribution in [0.5, 0.6) is 5.88 Å². The van der Waals surface area contributed by atoms with Crippen LogP contribution in [0.1, 0.15) is 12.0 Å². The standard InChI is InChI=1S/C33H35N5O5SSi/c1-42-32-28(38(22-43-14-15-45(2,3)4)44(40,41)25-8-6-5-7-9-25)17-24(19-36-32)23-10-11-27-26(16-23)31-29(20-35-27)37(13-12-34)21-33(31)18-30(33)39/h5-11,16-17,19-20H,13-15,18,21-22H2,1-4H3. The number of sulfonamides is 1. The minimum Gasteiger partial charge on any atom is -0.479 e. The van der Waals surface area contributed by atoms with Crippen LogP contribution in [0.25, 0.3) is 22.0 Å². The first-order valence-electron chi connectivity index (χ1n) is 14.8. The second-order valence-electron chi connectivity index (χ2n) is 12.7. The third-order valence-electron chi connectivity index (χ3n) is 8.42. The highest BCUT2D eigenvalue weighted by Crippen LogP contribution is 2.55. The molecule has 1 aliphatic heterocycles. The van der Waals surface area contributed by atoms with Crippen LogP contribution < -0.4 is 13.9 Å². The van der Waals surface area contributed by atoms with Gasteiger partial charge in [-0.05, 0) is 41.9 Å². The van der Waals surface area contributed by atoms with E-state index >= 15 is 0 Å². The number of carbonyl (C=O) groups is 1. The summed E-state index contributed by atoms with van der Waals surface area (Å²) in [6, 6.07) is 18.8. The smallest absolute Gasteiger partial charge is 0.266 e. The molecule has 2 aliphatic rings. The third kappa shape index (κ3) is 5.67. The van der Waals surface area contributed by atoms with Crippen molar-refractivity contribution in [1.29, 1.82) is 5.26 Å². The van der Waals surface area contributed by atoms with E-state index in [2.05, 4.69) is 35.7 Å². The maximum atomic E-state index is 14.0. The maximum Gasteiger partial charge on any atom is 0.266 e. The lowest BCUT2D eigenvalue weighted by Crippen LogP contribution is -2.34. The first-order chi connectivity index (χ1) is 21.5. The molecular formula is C33H35N5O5SSi. The number of pyridine rings is 2. The van der Waals surface area contributed by atoms with Gasteiger partial charge in [0.05, 0.1) is 40.9 Å². The second kappa shape index (κ2) is 11.6. The normalized spacial score (nSPS) is 17.4. The van der Waals surface area contributed by atoms with Gasteiger partial charge in [-0.3, -0.25) is 9.78 Å². The van der Waals surface area contributed by atoms with Crippen LogP contribution in [0.3, 0.4) is 0 Å². The largest absolute Gasteiger partial charge is 0.479 e. The topological polar surface area (TPSA) is 126 Å². The highest BCUT2D eigenvalue weighted by atomic mass is 32.2. The molecule has 0 N–H and O–H groups in total. The Morgan fingerprint density at radius 3 is 2.49 bits per heavy atom. The average Bonchev–Trinajstić information content (AvgIpc) is 3.56. The van der Waals surface area contributed by atoms with Gasteiger partial charge in [-0.2, -0.15) is 5.26 Å². The van der Waals surface area contributed by atoms with Crippen LogP contribution in [-0.2, 0) is 25.0 Å². The van der Waals surface area contributed by atoms with Crippen molar-refractivity contribution < 1.29 is 22.7 Å². The van der Waals surface area contributed by atoms with Gasteiger partial charge >= 0.3 is 0 Å². The van der Waals surface area contributed by atoms with Crippen LogP contribution in [-0.4, -0.2) is 65.8 Å². The van der Waals surface area contributed by atoms with Gasteiger partial charge in [0, 0.05) is 50.4 Å². The molecule has 3 heterocycles. The molecule has 0 saturated heterocycles. The molecular weight excluding hydrogens is 607 g/mol. The fourth-order valence-corrected chi connectivity index (χ4v) is 7.99. The number of ketones is 1. The van der Waals surface area contributed by atoms with Crippen LogP contribution >= 0.6 is 0 Å². The van der Waals surface area contributed by atoms with E-state index in [0.29, 0.717) is 25.1 Å². The molecule has 232 valence electrons. The van der Waals surface area contributed by atoms with E-state index in [1.807, 2.05) is 23.1 Å². The van der Waals surface area contributed by atoms with Crippen LogP contribution in [0.4, 0.5) is 11.4 Å². The highest BCUT2D eigenvalue weighted by Gasteiger charge is 2.61. The van der Waals surface area contributed by atoms with Crippen molar-refractivity contribution in [3.8, 4) is 23.1 Å². The molecule has 10 nitrogen and oxygen atoms in total. The molecule has 1 fully saturated rings. The average molecular weight is 642 g/mol. The number of Topliss-reactive ketones (excluding diaryl/α,β-unsaturated/α-hetero) is 1. The van der Waals surface area contributed by atoms with Gasteiger partial charge in [-0.1, -0.05) is 43.9 Å². The lowest BCUT2D eigenvalue weighted by atomic mass is 9.93. The van der Waals surface area contributed by atoms with Gasteiger partial charge in [0.2, 0.25) is 5.88 Å². The quantitative estimate of drug-likeness (QED) is 0.0920. The Morgan fingerprint density at radius 1 is 1.07 bits per heavy atom. The summed E-state index contributed by atoms with van der Waals surface area (Å²) in [5, 5.41) is 10.2. The number of nitriles is 1. The molecule has 12 heteroatoms. The van der Waals surface area contributed by atoms with E-state index in [9.17, 15) is 18.5 Å². The van der Waals surface area contributed by atoms with Gasteiger partial charge < -0.3 is 14.4 Å². The summed E-state index contributed by atoms with van der Waals surface area (Å²) >= 11 is 0. The summed E-state index contributed by atoms with van der Waals surface area (Å²) in [4.78, 5) is 24.0. The molecule has 45 heavy (non-hydrogen) atoms. The number of rotatable bonds is 11. The van der Waals surface area contributed by atoms with Crippen LogP contribution in [0.2, 0.25) is 25.7 Å². The molecule has 1 aliphatic carbocycles. The Kier molecular flexibility index (Phi) is 7.89. The molecule has 0 radical (unpaired) electrons. The van der Waals surface area contributed by atoms with Crippen molar-refractivity contribution in [3.05, 3.63) is 72.6 Å². The summed E-state index contributed by atoms with van der Waals surface area (Å²) in [7, 11) is -4.01. The molecule has 2 aromatic heterocycles. The molecule has 0 amide bonds. The van der Waals surface area contributed by atoms with E-state index in [1.54, 1.807) is 48.8 Å². The first kappa shape index (κ1) is 30.7. The maximum absolute atomic E-state index is 14.0. The fraction of sp³-hybridized carbons (Fsp3) is 0.333. The SMILES string of the molecule is COc1ncc(-c2ccc3ncc4c(c3c2)C2(CC2=O)CN4CC#N)cc1N(COCC[Si](C)(C)C)S(=O)(=O)c1ccccc1. The molecule has 2 aromatic carbocycles. The van der Waals surface area contributed by atoms with Crippen LogP contribution in [0, 0.1) is 11.3 Å². The Hall–Kier alpha value is -4.31. The zero-order chi connectivity index (χ0) is 32.0. The highest BCUT2D eigenvalue weighted by molar-refractivity contribution is 7.92. The lowest BCUT2D eigenvalue weighted by molar-refractivity contribution is -0.111. The Morgan fingerprint density at radius 2 is 1.82 bits per heavy atom. The summed E-state index contributed by atoms with van der Waals surface area (Å²) in [5.41, 5.74) is 3.50. The predicted molar refractivity (Wildman–Crippen MR) is 176 cm³/mol. The number of anilines is 2. The number of carbonyl (C=O) groups excluding carboxylic acids is 1. The summed E-state index contributed by atoms with van der Waals surface area (Å²) in [5.74, 6) is 0.302. The van der Waals surface area contributed by atoms with Gasteiger partial charge in [0.1, 0.15) is 24.7 Å². The van der Waals surface area contributed by atoms with Crippen molar-refractivity contribution in [3.63, 3.8) is 0 Å². The van der Waals surface area contributed by atoms with Crippen molar-refractivity contribution in [1.82, 2.24) is 9.97 Å². The minimum atomic E-state index is -4.05. The van der Waals surface area contributed by atoms with Crippen molar-refractivity contribution >= 4 is 46.2 Å².